The number of nitrogens with one attached hydrogen (secondary N) is 1. The van der Waals surface area contributed by atoms with Crippen molar-refractivity contribution in [2.45, 2.75) is 45.4 Å². The molecule has 2 atom stereocenters. The molecule has 1 aromatic heterocycles. The van der Waals surface area contributed by atoms with Gasteiger partial charge in [0, 0.05) is 19.6 Å². The number of aliphatic hydroxyl groups excluding tert-OH is 1. The monoisotopic (exact) mass is 335 g/mol. The number of methoxy groups -OCH3 is 1. The maximum absolute atomic E-state index is 13.0. The van der Waals surface area contributed by atoms with Gasteiger partial charge in [0.05, 0.1) is 24.5 Å². The van der Waals surface area contributed by atoms with Crippen molar-refractivity contribution in [1.29, 1.82) is 0 Å². The van der Waals surface area contributed by atoms with Crippen LogP contribution in [0.4, 0.5) is 4.39 Å². The topological polar surface area (TPSA) is 59.3 Å². The molecule has 0 aliphatic carbocycles. The lowest BCUT2D eigenvalue weighted by molar-refractivity contribution is 0.153. The van der Waals surface area contributed by atoms with Crippen LogP contribution in [0.15, 0.2) is 24.3 Å². The molecule has 0 radical (unpaired) electrons. The molecule has 2 unspecified atom stereocenters. The molecule has 2 N–H and O–H groups in total. The molecule has 0 saturated heterocycles. The Morgan fingerprint density at radius 1 is 1.33 bits per heavy atom. The summed E-state index contributed by atoms with van der Waals surface area (Å²) in [4.78, 5) is 0. The minimum Gasteiger partial charge on any atom is -0.481 e. The van der Waals surface area contributed by atoms with Gasteiger partial charge in [-0.3, -0.25) is 0 Å². The molecule has 1 heterocycles. The fraction of sp³-hybridized carbons (Fsp3) is 0.500. The van der Waals surface area contributed by atoms with E-state index in [4.69, 9.17) is 4.74 Å². The summed E-state index contributed by atoms with van der Waals surface area (Å²) < 4.78 is 20.1. The Labute approximate surface area is 142 Å². The number of aliphatic hydroxyl groups is 1. The molecule has 24 heavy (non-hydrogen) atoms. The summed E-state index contributed by atoms with van der Waals surface area (Å²) >= 11 is 0. The van der Waals surface area contributed by atoms with Crippen molar-refractivity contribution in [1.82, 2.24) is 15.1 Å². The molecule has 0 fully saturated rings. The van der Waals surface area contributed by atoms with Crippen molar-refractivity contribution in [3.05, 3.63) is 46.9 Å². The van der Waals surface area contributed by atoms with E-state index in [0.717, 1.165) is 29.1 Å². The Bertz CT molecular complexity index is 655. The lowest BCUT2D eigenvalue weighted by atomic mass is 10.0. The Morgan fingerprint density at radius 3 is 2.58 bits per heavy atom. The van der Waals surface area contributed by atoms with Crippen LogP contribution < -0.4 is 10.1 Å². The Hall–Kier alpha value is -1.92. The number of ether oxygens (including phenoxy) is 1. The standard InChI is InChI=1S/C18H26FN3O2/c1-5-16-15(18(24-4)22(3)21-16)11-20-12(2)10-17(23)13-6-8-14(19)9-7-13/h6-9,12,17,20,23H,5,10-11H2,1-4H3. The highest BCUT2D eigenvalue weighted by atomic mass is 19.1. The molecule has 0 saturated carbocycles. The van der Waals surface area contributed by atoms with Gasteiger partial charge in [0.1, 0.15) is 5.82 Å². The van der Waals surface area contributed by atoms with Gasteiger partial charge >= 0.3 is 0 Å². The van der Waals surface area contributed by atoms with E-state index in [1.807, 2.05) is 14.0 Å². The van der Waals surface area contributed by atoms with E-state index in [1.54, 1.807) is 23.9 Å². The van der Waals surface area contributed by atoms with Gasteiger partial charge in [0.2, 0.25) is 5.88 Å². The van der Waals surface area contributed by atoms with E-state index in [9.17, 15) is 9.50 Å². The zero-order valence-corrected chi connectivity index (χ0v) is 14.7. The van der Waals surface area contributed by atoms with Crippen LogP contribution in [0.3, 0.4) is 0 Å². The molecule has 0 spiro atoms. The number of benzene rings is 1. The van der Waals surface area contributed by atoms with Crippen molar-refractivity contribution in [2.75, 3.05) is 7.11 Å². The molecule has 2 rings (SSSR count). The zero-order chi connectivity index (χ0) is 17.7. The number of rotatable bonds is 8. The van der Waals surface area contributed by atoms with Crippen molar-refractivity contribution in [2.24, 2.45) is 7.05 Å². The molecule has 0 aliphatic rings. The Kier molecular flexibility index (Phi) is 6.34. The van der Waals surface area contributed by atoms with Gasteiger partial charge in [0.15, 0.2) is 0 Å². The second-order valence-corrected chi connectivity index (χ2v) is 6.00. The van der Waals surface area contributed by atoms with Gasteiger partial charge in [-0.15, -0.1) is 0 Å². The maximum Gasteiger partial charge on any atom is 0.216 e. The van der Waals surface area contributed by atoms with Crippen molar-refractivity contribution in [3.63, 3.8) is 0 Å². The second-order valence-electron chi connectivity index (χ2n) is 6.00. The van der Waals surface area contributed by atoms with Gasteiger partial charge in [0.25, 0.3) is 0 Å². The van der Waals surface area contributed by atoms with Crippen LogP contribution in [0, 0.1) is 5.82 Å². The van der Waals surface area contributed by atoms with Crippen LogP contribution in [0.25, 0.3) is 0 Å². The van der Waals surface area contributed by atoms with Crippen LogP contribution >= 0.6 is 0 Å². The first-order valence-electron chi connectivity index (χ1n) is 8.21. The van der Waals surface area contributed by atoms with Crippen LogP contribution in [0.1, 0.15) is 43.2 Å². The summed E-state index contributed by atoms with van der Waals surface area (Å²) in [7, 11) is 3.50. The summed E-state index contributed by atoms with van der Waals surface area (Å²) in [5.41, 5.74) is 2.78. The molecule has 2 aromatic rings. The van der Waals surface area contributed by atoms with Crippen molar-refractivity contribution in [3.8, 4) is 5.88 Å². The Morgan fingerprint density at radius 2 is 2.00 bits per heavy atom. The molecule has 0 amide bonds. The number of aromatic nitrogens is 2. The fourth-order valence-electron chi connectivity index (χ4n) is 2.84. The lowest BCUT2D eigenvalue weighted by Gasteiger charge is -2.18. The summed E-state index contributed by atoms with van der Waals surface area (Å²) in [6, 6.07) is 6.05. The van der Waals surface area contributed by atoms with Crippen LogP contribution in [0.2, 0.25) is 0 Å². The first-order valence-corrected chi connectivity index (χ1v) is 8.21. The number of halogens is 1. The minimum atomic E-state index is -0.630. The van der Waals surface area contributed by atoms with Crippen LogP contribution in [-0.4, -0.2) is 28.0 Å². The average Bonchev–Trinajstić information content (AvgIpc) is 2.88. The van der Waals surface area contributed by atoms with Crippen LogP contribution in [-0.2, 0) is 20.0 Å². The van der Waals surface area contributed by atoms with Gasteiger partial charge in [-0.1, -0.05) is 19.1 Å². The summed E-state index contributed by atoms with van der Waals surface area (Å²) in [5, 5.41) is 18.1. The third-order valence-electron chi connectivity index (χ3n) is 4.16. The highest BCUT2D eigenvalue weighted by Gasteiger charge is 2.17. The first-order chi connectivity index (χ1) is 11.5. The zero-order valence-electron chi connectivity index (χ0n) is 14.7. The van der Waals surface area contributed by atoms with E-state index in [0.29, 0.717) is 13.0 Å². The largest absolute Gasteiger partial charge is 0.481 e. The molecule has 0 aliphatic heterocycles. The molecule has 132 valence electrons. The highest BCUT2D eigenvalue weighted by Crippen LogP contribution is 2.23. The minimum absolute atomic E-state index is 0.0830. The highest BCUT2D eigenvalue weighted by molar-refractivity contribution is 5.31. The average molecular weight is 335 g/mol. The molecule has 6 heteroatoms. The lowest BCUT2D eigenvalue weighted by Crippen LogP contribution is -2.27. The molecule has 5 nitrogen and oxygen atoms in total. The maximum atomic E-state index is 13.0. The SMILES string of the molecule is CCc1nn(C)c(OC)c1CNC(C)CC(O)c1ccc(F)cc1. The fourth-order valence-corrected chi connectivity index (χ4v) is 2.84. The molecule has 0 bridgehead atoms. The predicted molar refractivity (Wildman–Crippen MR) is 91.4 cm³/mol. The molecule has 1 aromatic carbocycles. The smallest absolute Gasteiger partial charge is 0.216 e. The van der Waals surface area contributed by atoms with E-state index in [2.05, 4.69) is 17.3 Å². The number of hydrogen-bond donors (Lipinski definition) is 2. The van der Waals surface area contributed by atoms with Gasteiger partial charge in [-0.05, 0) is 37.5 Å². The van der Waals surface area contributed by atoms with Crippen LogP contribution in [0.5, 0.6) is 5.88 Å². The van der Waals surface area contributed by atoms with Gasteiger partial charge in [-0.2, -0.15) is 5.10 Å². The van der Waals surface area contributed by atoms with E-state index < -0.39 is 6.10 Å². The quantitative estimate of drug-likeness (QED) is 0.779. The number of aryl methyl sites for hydroxylation is 2. The predicted octanol–water partition coefficient (Wildman–Crippen LogP) is 2.73. The summed E-state index contributed by atoms with van der Waals surface area (Å²) in [5.74, 6) is 0.457. The summed E-state index contributed by atoms with van der Waals surface area (Å²) in [6.45, 7) is 4.70. The number of hydrogen-bond acceptors (Lipinski definition) is 4. The van der Waals surface area contributed by atoms with Crippen molar-refractivity contribution < 1.29 is 14.2 Å². The normalized spacial score (nSPS) is 13.8. The van der Waals surface area contributed by atoms with Crippen molar-refractivity contribution >= 4 is 0 Å². The summed E-state index contributed by atoms with van der Waals surface area (Å²) in [6.07, 6.45) is 0.741. The second kappa shape index (κ2) is 8.26. The van der Waals surface area contributed by atoms with E-state index in [-0.39, 0.29) is 11.9 Å². The third kappa shape index (κ3) is 4.33. The van der Waals surface area contributed by atoms with E-state index >= 15 is 0 Å². The first kappa shape index (κ1) is 18.4. The third-order valence-corrected chi connectivity index (χ3v) is 4.16. The molecular formula is C18H26FN3O2. The van der Waals surface area contributed by atoms with Gasteiger partial charge in [-0.25, -0.2) is 9.07 Å². The number of nitrogens with zero attached hydrogens (tertiary/aromatic N) is 2. The van der Waals surface area contributed by atoms with E-state index in [1.165, 1.54) is 12.1 Å². The Balaban J connectivity index is 1.96. The molecular weight excluding hydrogens is 309 g/mol. The van der Waals surface area contributed by atoms with Gasteiger partial charge < -0.3 is 15.2 Å².